The van der Waals surface area contributed by atoms with Crippen LogP contribution in [0.15, 0.2) is 12.7 Å². The van der Waals surface area contributed by atoms with Crippen molar-refractivity contribution in [3.63, 3.8) is 0 Å². The second kappa shape index (κ2) is 6.85. The number of hydrogen-bond donors (Lipinski definition) is 0. The normalized spacial score (nSPS) is 17.8. The van der Waals surface area contributed by atoms with Gasteiger partial charge in [-0.15, -0.1) is 6.58 Å². The molecule has 1 rings (SSSR count). The number of allylic oxidation sites excluding steroid dienone is 1. The van der Waals surface area contributed by atoms with E-state index in [9.17, 15) is 0 Å². The largest absolute Gasteiger partial charge is 0.103 e. The third-order valence-electron chi connectivity index (χ3n) is 2.05. The lowest BCUT2D eigenvalue weighted by atomic mass is 10.0. The molecule has 0 amide bonds. The van der Waals surface area contributed by atoms with Crippen LogP contribution in [0.3, 0.4) is 0 Å². The first-order chi connectivity index (χ1) is 4.81. The molecule has 0 aliphatic heterocycles. The molecule has 0 heterocycles. The van der Waals surface area contributed by atoms with Crippen molar-refractivity contribution in [1.82, 2.24) is 0 Å². The van der Waals surface area contributed by atoms with Crippen LogP contribution in [0.4, 0.5) is 0 Å². The van der Waals surface area contributed by atoms with Crippen molar-refractivity contribution in [2.75, 3.05) is 0 Å². The maximum atomic E-state index is 3.63. The molecule has 0 N–H and O–H groups in total. The Morgan fingerprint density at radius 3 is 1.70 bits per heavy atom. The van der Waals surface area contributed by atoms with E-state index in [0.717, 1.165) is 0 Å². The van der Waals surface area contributed by atoms with E-state index in [1.165, 1.54) is 32.1 Å². The zero-order valence-electron chi connectivity index (χ0n) is 7.40. The SMILES string of the molecule is C1CCC1.C=CC(C)CC. The van der Waals surface area contributed by atoms with Crippen molar-refractivity contribution in [2.24, 2.45) is 5.92 Å². The Bertz CT molecular complexity index is 66.1. The summed E-state index contributed by atoms with van der Waals surface area (Å²) in [5, 5.41) is 0. The zero-order chi connectivity index (χ0) is 7.82. The smallest absolute Gasteiger partial charge is 0.0267 e. The molecule has 1 saturated carbocycles. The lowest BCUT2D eigenvalue weighted by Crippen LogP contribution is -1.85. The fraction of sp³-hybridized carbons (Fsp3) is 0.800. The molecule has 0 aromatic carbocycles. The first-order valence-corrected chi connectivity index (χ1v) is 4.43. The van der Waals surface area contributed by atoms with Gasteiger partial charge in [-0.1, -0.05) is 52.0 Å². The Kier molecular flexibility index (Phi) is 6.68. The van der Waals surface area contributed by atoms with Crippen molar-refractivity contribution < 1.29 is 0 Å². The van der Waals surface area contributed by atoms with Gasteiger partial charge in [-0.25, -0.2) is 0 Å². The van der Waals surface area contributed by atoms with E-state index in [0.29, 0.717) is 5.92 Å². The summed E-state index contributed by atoms with van der Waals surface area (Å²) in [5.74, 6) is 0.699. The Morgan fingerprint density at radius 2 is 1.70 bits per heavy atom. The molecule has 0 nitrogen and oxygen atoms in total. The standard InChI is InChI=1S/C6H12.C4H8/c1-4-6(3)5-2;1-2-4-3-1/h4,6H,1,5H2,2-3H3;1-4H2. The Morgan fingerprint density at radius 1 is 1.30 bits per heavy atom. The number of hydrogen-bond acceptors (Lipinski definition) is 0. The van der Waals surface area contributed by atoms with Crippen molar-refractivity contribution in [3.8, 4) is 0 Å². The minimum Gasteiger partial charge on any atom is -0.103 e. The van der Waals surface area contributed by atoms with E-state index in [1.54, 1.807) is 0 Å². The molecule has 1 fully saturated rings. The van der Waals surface area contributed by atoms with E-state index >= 15 is 0 Å². The average Bonchev–Trinajstić information content (AvgIpc) is 1.83. The van der Waals surface area contributed by atoms with E-state index < -0.39 is 0 Å². The van der Waals surface area contributed by atoms with E-state index in [1.807, 2.05) is 6.08 Å². The second-order valence-electron chi connectivity index (χ2n) is 3.04. The quantitative estimate of drug-likeness (QED) is 0.512. The van der Waals surface area contributed by atoms with Crippen LogP contribution < -0.4 is 0 Å². The average molecular weight is 140 g/mol. The summed E-state index contributed by atoms with van der Waals surface area (Å²) >= 11 is 0. The summed E-state index contributed by atoms with van der Waals surface area (Å²) in [4.78, 5) is 0. The fourth-order valence-electron chi connectivity index (χ4n) is 0.417. The summed E-state index contributed by atoms with van der Waals surface area (Å²) in [6, 6.07) is 0. The zero-order valence-corrected chi connectivity index (χ0v) is 7.40. The van der Waals surface area contributed by atoms with Gasteiger partial charge in [0.25, 0.3) is 0 Å². The van der Waals surface area contributed by atoms with Crippen molar-refractivity contribution >= 4 is 0 Å². The highest BCUT2D eigenvalue weighted by Gasteiger charge is 1.95. The van der Waals surface area contributed by atoms with Gasteiger partial charge < -0.3 is 0 Å². The molecule has 0 aromatic heterocycles. The molecule has 1 atom stereocenters. The van der Waals surface area contributed by atoms with E-state index in [2.05, 4.69) is 20.4 Å². The van der Waals surface area contributed by atoms with Crippen molar-refractivity contribution in [3.05, 3.63) is 12.7 Å². The summed E-state index contributed by atoms with van der Waals surface area (Å²) in [5.41, 5.74) is 0. The molecular weight excluding hydrogens is 120 g/mol. The molecule has 60 valence electrons. The van der Waals surface area contributed by atoms with Crippen LogP contribution in [0.2, 0.25) is 0 Å². The lowest BCUT2D eigenvalue weighted by molar-refractivity contribution is 0.504. The van der Waals surface area contributed by atoms with Gasteiger partial charge in [0.2, 0.25) is 0 Å². The Balaban J connectivity index is 0.000000172. The maximum absolute atomic E-state index is 3.63. The lowest BCUT2D eigenvalue weighted by Gasteiger charge is -2.05. The molecule has 0 aromatic rings. The van der Waals surface area contributed by atoms with E-state index in [-0.39, 0.29) is 0 Å². The summed E-state index contributed by atoms with van der Waals surface area (Å²) in [6.07, 6.45) is 9.18. The minimum absolute atomic E-state index is 0.699. The topological polar surface area (TPSA) is 0 Å². The van der Waals surface area contributed by atoms with Crippen LogP contribution in [-0.2, 0) is 0 Å². The molecule has 1 aliphatic carbocycles. The van der Waals surface area contributed by atoms with Gasteiger partial charge in [0.05, 0.1) is 0 Å². The first-order valence-electron chi connectivity index (χ1n) is 4.43. The van der Waals surface area contributed by atoms with Crippen LogP contribution >= 0.6 is 0 Å². The Hall–Kier alpha value is -0.260. The third-order valence-corrected chi connectivity index (χ3v) is 2.05. The molecule has 1 aliphatic rings. The van der Waals surface area contributed by atoms with Gasteiger partial charge in [0, 0.05) is 0 Å². The predicted molar refractivity (Wildman–Crippen MR) is 48.1 cm³/mol. The van der Waals surface area contributed by atoms with Crippen molar-refractivity contribution in [1.29, 1.82) is 0 Å². The highest BCUT2D eigenvalue weighted by molar-refractivity contribution is 4.72. The van der Waals surface area contributed by atoms with Crippen LogP contribution in [0.1, 0.15) is 46.0 Å². The molecule has 0 spiro atoms. The summed E-state index contributed by atoms with van der Waals surface area (Å²) < 4.78 is 0. The van der Waals surface area contributed by atoms with Gasteiger partial charge in [-0.05, 0) is 5.92 Å². The summed E-state index contributed by atoms with van der Waals surface area (Å²) in [7, 11) is 0. The molecule has 10 heavy (non-hydrogen) atoms. The van der Waals surface area contributed by atoms with Crippen LogP contribution in [0.5, 0.6) is 0 Å². The van der Waals surface area contributed by atoms with Crippen LogP contribution in [0.25, 0.3) is 0 Å². The van der Waals surface area contributed by atoms with Gasteiger partial charge in [-0.2, -0.15) is 0 Å². The monoisotopic (exact) mass is 140 g/mol. The maximum Gasteiger partial charge on any atom is -0.0267 e. The van der Waals surface area contributed by atoms with E-state index in [4.69, 9.17) is 0 Å². The van der Waals surface area contributed by atoms with Gasteiger partial charge in [0.15, 0.2) is 0 Å². The Labute approximate surface area is 65.3 Å². The highest BCUT2D eigenvalue weighted by atomic mass is 14.0. The van der Waals surface area contributed by atoms with Crippen molar-refractivity contribution in [2.45, 2.75) is 46.0 Å². The fourth-order valence-corrected chi connectivity index (χ4v) is 0.417. The van der Waals surface area contributed by atoms with Crippen LogP contribution in [0, 0.1) is 5.92 Å². The van der Waals surface area contributed by atoms with Gasteiger partial charge >= 0.3 is 0 Å². The van der Waals surface area contributed by atoms with Crippen LogP contribution in [-0.4, -0.2) is 0 Å². The highest BCUT2D eigenvalue weighted by Crippen LogP contribution is 2.15. The van der Waals surface area contributed by atoms with Gasteiger partial charge in [-0.3, -0.25) is 0 Å². The molecule has 0 heteroatoms. The molecular formula is C10H20. The minimum atomic E-state index is 0.699. The molecule has 0 saturated heterocycles. The predicted octanol–water partition coefficient (Wildman–Crippen LogP) is 3.78. The van der Waals surface area contributed by atoms with Gasteiger partial charge in [0.1, 0.15) is 0 Å². The molecule has 0 bridgehead atoms. The third kappa shape index (κ3) is 5.87. The molecule has 0 radical (unpaired) electrons. The summed E-state index contributed by atoms with van der Waals surface area (Å²) in [6.45, 7) is 7.95. The molecule has 1 unspecified atom stereocenters. The number of rotatable bonds is 2. The first kappa shape index (κ1) is 9.74. The second-order valence-corrected chi connectivity index (χ2v) is 3.04.